The van der Waals surface area contributed by atoms with Crippen molar-refractivity contribution in [1.82, 2.24) is 10.6 Å². The molecule has 0 saturated carbocycles. The van der Waals surface area contributed by atoms with Crippen molar-refractivity contribution in [2.45, 2.75) is 19.8 Å². The molecule has 0 aliphatic rings. The van der Waals surface area contributed by atoms with Crippen LogP contribution in [0.5, 0.6) is 0 Å². The maximum Gasteiger partial charge on any atom is 0.224 e. The van der Waals surface area contributed by atoms with Gasteiger partial charge in [0.15, 0.2) is 0 Å². The van der Waals surface area contributed by atoms with E-state index in [0.717, 1.165) is 0 Å². The lowest BCUT2D eigenvalue weighted by atomic mass is 10.4. The highest BCUT2D eigenvalue weighted by Crippen LogP contribution is 1.84. The Morgan fingerprint density at radius 2 is 1.68 bits per heavy atom. The standard InChI is InChI=1S/C11H23N3O5/c1-2-10(15)13-4-6-18-8-7-17-5-3-11(16)14-9-19-12/h2-9,12H2,1H3,(H,13,15)(H,14,16). The molecule has 8 heteroatoms. The topological polar surface area (TPSA) is 112 Å². The van der Waals surface area contributed by atoms with Crippen LogP contribution in [0.4, 0.5) is 0 Å². The molecule has 0 aromatic heterocycles. The molecule has 0 saturated heterocycles. The third kappa shape index (κ3) is 13.0. The minimum absolute atomic E-state index is 0.00678. The number of hydrogen-bond donors (Lipinski definition) is 3. The third-order valence-electron chi connectivity index (χ3n) is 2.09. The number of ether oxygens (including phenoxy) is 2. The molecule has 0 aliphatic carbocycles. The average molecular weight is 277 g/mol. The SMILES string of the molecule is CCC(=O)NCCOCCOCCC(=O)NCON. The summed E-state index contributed by atoms with van der Waals surface area (Å²) in [5, 5.41) is 5.12. The minimum atomic E-state index is -0.186. The minimum Gasteiger partial charge on any atom is -0.379 e. The predicted molar refractivity (Wildman–Crippen MR) is 67.8 cm³/mol. The van der Waals surface area contributed by atoms with Crippen LogP contribution in [0.15, 0.2) is 0 Å². The van der Waals surface area contributed by atoms with Crippen molar-refractivity contribution >= 4 is 11.8 Å². The molecule has 0 heterocycles. The van der Waals surface area contributed by atoms with Gasteiger partial charge in [-0.1, -0.05) is 6.92 Å². The van der Waals surface area contributed by atoms with Crippen molar-refractivity contribution in [3.05, 3.63) is 0 Å². The van der Waals surface area contributed by atoms with Gasteiger partial charge in [0.1, 0.15) is 6.73 Å². The number of nitrogens with two attached hydrogens (primary N) is 1. The molecule has 0 aromatic carbocycles. The lowest BCUT2D eigenvalue weighted by Crippen LogP contribution is -2.28. The summed E-state index contributed by atoms with van der Waals surface area (Å²) in [6.07, 6.45) is 0.719. The van der Waals surface area contributed by atoms with Crippen LogP contribution < -0.4 is 16.5 Å². The van der Waals surface area contributed by atoms with Crippen LogP contribution in [0, 0.1) is 0 Å². The van der Waals surface area contributed by atoms with E-state index in [9.17, 15) is 9.59 Å². The highest BCUT2D eigenvalue weighted by molar-refractivity contribution is 5.75. The molecule has 0 spiro atoms. The first-order valence-electron chi connectivity index (χ1n) is 6.21. The summed E-state index contributed by atoms with van der Waals surface area (Å²) in [5.74, 6) is 4.57. The fourth-order valence-corrected chi connectivity index (χ4v) is 1.09. The van der Waals surface area contributed by atoms with Crippen LogP contribution in [-0.4, -0.2) is 51.5 Å². The van der Waals surface area contributed by atoms with Crippen LogP contribution in [0.1, 0.15) is 19.8 Å². The highest BCUT2D eigenvalue weighted by Gasteiger charge is 2.00. The summed E-state index contributed by atoms with van der Waals surface area (Å²) in [6.45, 7) is 3.87. The molecular formula is C11H23N3O5. The fraction of sp³-hybridized carbons (Fsp3) is 0.818. The summed E-state index contributed by atoms with van der Waals surface area (Å²) in [6, 6.07) is 0. The summed E-state index contributed by atoms with van der Waals surface area (Å²) in [4.78, 5) is 26.1. The molecule has 0 rings (SSSR count). The van der Waals surface area contributed by atoms with Gasteiger partial charge in [0.2, 0.25) is 11.8 Å². The Morgan fingerprint density at radius 3 is 2.32 bits per heavy atom. The van der Waals surface area contributed by atoms with Crippen LogP contribution in [0.2, 0.25) is 0 Å². The summed E-state index contributed by atoms with van der Waals surface area (Å²) < 4.78 is 10.4. The molecule has 0 atom stereocenters. The normalized spacial score (nSPS) is 10.2. The molecule has 4 N–H and O–H groups in total. The lowest BCUT2D eigenvalue weighted by Gasteiger charge is -2.07. The second-order valence-electron chi connectivity index (χ2n) is 3.59. The molecule has 0 bridgehead atoms. The van der Waals surface area contributed by atoms with Crippen LogP contribution in [-0.2, 0) is 23.9 Å². The Morgan fingerprint density at radius 1 is 1.00 bits per heavy atom. The Labute approximate surface area is 112 Å². The maximum absolute atomic E-state index is 11.1. The number of rotatable bonds is 12. The van der Waals surface area contributed by atoms with Gasteiger partial charge >= 0.3 is 0 Å². The maximum atomic E-state index is 11.1. The van der Waals surface area contributed by atoms with Crippen molar-refractivity contribution < 1.29 is 23.9 Å². The zero-order valence-corrected chi connectivity index (χ0v) is 11.3. The van der Waals surface area contributed by atoms with Gasteiger partial charge < -0.3 is 20.1 Å². The third-order valence-corrected chi connectivity index (χ3v) is 2.09. The second kappa shape index (κ2) is 13.2. The highest BCUT2D eigenvalue weighted by atomic mass is 16.6. The summed E-state index contributed by atoms with van der Waals surface area (Å²) in [7, 11) is 0. The Bertz CT molecular complexity index is 250. The Balaban J connectivity index is 3.14. The number of amides is 2. The smallest absolute Gasteiger partial charge is 0.224 e. The first-order valence-corrected chi connectivity index (χ1v) is 6.21. The molecule has 112 valence electrons. The first-order chi connectivity index (χ1) is 9.20. The van der Waals surface area contributed by atoms with Gasteiger partial charge in [-0.25, -0.2) is 5.90 Å². The Hall–Kier alpha value is -1.22. The van der Waals surface area contributed by atoms with Gasteiger partial charge in [-0.05, 0) is 0 Å². The molecular weight excluding hydrogens is 254 g/mol. The molecule has 19 heavy (non-hydrogen) atoms. The first kappa shape index (κ1) is 17.8. The van der Waals surface area contributed by atoms with E-state index in [4.69, 9.17) is 15.4 Å². The number of carbonyl (C=O) groups excluding carboxylic acids is 2. The Kier molecular flexibility index (Phi) is 12.4. The molecule has 0 aliphatic heterocycles. The van der Waals surface area contributed by atoms with E-state index in [1.54, 1.807) is 6.92 Å². The van der Waals surface area contributed by atoms with Crippen molar-refractivity contribution in [2.75, 3.05) is 39.7 Å². The number of nitrogens with one attached hydrogen (secondary N) is 2. The fourth-order valence-electron chi connectivity index (χ4n) is 1.09. The molecule has 8 nitrogen and oxygen atoms in total. The van der Waals surface area contributed by atoms with Crippen molar-refractivity contribution in [2.24, 2.45) is 5.90 Å². The molecule has 0 aromatic rings. The lowest BCUT2D eigenvalue weighted by molar-refractivity contribution is -0.124. The molecule has 0 unspecified atom stereocenters. The van der Waals surface area contributed by atoms with Gasteiger partial charge in [-0.2, -0.15) is 0 Å². The van der Waals surface area contributed by atoms with E-state index in [0.29, 0.717) is 39.4 Å². The molecule has 2 amide bonds. The number of hydrogen-bond acceptors (Lipinski definition) is 6. The van der Waals surface area contributed by atoms with E-state index in [1.165, 1.54) is 0 Å². The van der Waals surface area contributed by atoms with E-state index in [2.05, 4.69) is 15.5 Å². The summed E-state index contributed by atoms with van der Waals surface area (Å²) in [5.41, 5.74) is 0. The average Bonchev–Trinajstić information content (AvgIpc) is 2.42. The zero-order chi connectivity index (χ0) is 14.3. The largest absolute Gasteiger partial charge is 0.379 e. The van der Waals surface area contributed by atoms with E-state index in [-0.39, 0.29) is 25.0 Å². The van der Waals surface area contributed by atoms with Gasteiger partial charge in [0.05, 0.1) is 32.8 Å². The van der Waals surface area contributed by atoms with E-state index < -0.39 is 0 Å². The number of carbonyl (C=O) groups is 2. The van der Waals surface area contributed by atoms with Crippen LogP contribution in [0.3, 0.4) is 0 Å². The van der Waals surface area contributed by atoms with E-state index >= 15 is 0 Å². The van der Waals surface area contributed by atoms with Gasteiger partial charge in [0.25, 0.3) is 0 Å². The van der Waals surface area contributed by atoms with E-state index in [1.807, 2.05) is 0 Å². The van der Waals surface area contributed by atoms with Crippen molar-refractivity contribution in [1.29, 1.82) is 0 Å². The predicted octanol–water partition coefficient (Wildman–Crippen LogP) is -1.10. The quantitative estimate of drug-likeness (QED) is 0.237. The van der Waals surface area contributed by atoms with Gasteiger partial charge in [0, 0.05) is 13.0 Å². The monoisotopic (exact) mass is 277 g/mol. The van der Waals surface area contributed by atoms with Crippen LogP contribution in [0.25, 0.3) is 0 Å². The summed E-state index contributed by atoms with van der Waals surface area (Å²) >= 11 is 0. The van der Waals surface area contributed by atoms with Gasteiger partial charge in [-0.15, -0.1) is 0 Å². The molecule has 0 fully saturated rings. The molecule has 0 radical (unpaired) electrons. The second-order valence-corrected chi connectivity index (χ2v) is 3.59. The van der Waals surface area contributed by atoms with Gasteiger partial charge in [-0.3, -0.25) is 14.4 Å². The van der Waals surface area contributed by atoms with Crippen molar-refractivity contribution in [3.63, 3.8) is 0 Å². The van der Waals surface area contributed by atoms with Crippen molar-refractivity contribution in [3.8, 4) is 0 Å². The zero-order valence-electron chi connectivity index (χ0n) is 11.3. The van der Waals surface area contributed by atoms with Crippen LogP contribution >= 0.6 is 0 Å².